The topological polar surface area (TPSA) is 134 Å². The number of aryl methyl sites for hydroxylation is 1. The van der Waals surface area contributed by atoms with Gasteiger partial charge in [-0.1, -0.05) is 12.1 Å². The summed E-state index contributed by atoms with van der Waals surface area (Å²) < 4.78 is 11.5. The molecule has 0 aliphatic carbocycles. The van der Waals surface area contributed by atoms with E-state index in [0.717, 1.165) is 45.6 Å². The number of nitrogens with zero attached hydrogens (tertiary/aromatic N) is 4. The lowest BCUT2D eigenvalue weighted by atomic mass is 10.2. The van der Waals surface area contributed by atoms with Crippen molar-refractivity contribution >= 4 is 34.4 Å². The number of rotatable bonds is 7. The molecule has 10 heteroatoms. The maximum atomic E-state index is 11.3. The Balaban J connectivity index is 1.28. The zero-order valence-corrected chi connectivity index (χ0v) is 19.4. The van der Waals surface area contributed by atoms with Crippen LogP contribution < -0.4 is 4.74 Å². The maximum Gasteiger partial charge on any atom is 0.318 e. The van der Waals surface area contributed by atoms with Gasteiger partial charge in [-0.3, -0.25) is 25.2 Å². The zero-order valence-electron chi connectivity index (χ0n) is 19.4. The minimum absolute atomic E-state index is 0.0915. The summed E-state index contributed by atoms with van der Waals surface area (Å²) in [5, 5.41) is 22.2. The van der Waals surface area contributed by atoms with E-state index in [0.29, 0.717) is 11.6 Å². The van der Waals surface area contributed by atoms with Crippen molar-refractivity contribution in [3.05, 3.63) is 116 Å². The molecule has 1 aromatic heterocycles. The van der Waals surface area contributed by atoms with Gasteiger partial charge in [0, 0.05) is 17.8 Å². The van der Waals surface area contributed by atoms with Gasteiger partial charge >= 0.3 is 5.69 Å². The standard InChI is InChI=1S/C27H18N4O6/c1-17-3-2-4-25-26(17)29-27(37-25)19-7-9-20(10-8-19)28-16-18-5-12-22(13-6-18)36-24-14-11-21(30(32)33)15-23(24)31(34)35/h2-16H,1H3. The molecule has 0 saturated heterocycles. The molecule has 0 saturated carbocycles. The van der Waals surface area contributed by atoms with E-state index in [4.69, 9.17) is 9.15 Å². The first-order valence-electron chi connectivity index (χ1n) is 11.1. The molecule has 0 spiro atoms. The Morgan fingerprint density at radius 3 is 2.35 bits per heavy atom. The molecule has 0 aliphatic rings. The van der Waals surface area contributed by atoms with Crippen molar-refractivity contribution in [3.63, 3.8) is 0 Å². The third-order valence-corrected chi connectivity index (χ3v) is 5.56. The van der Waals surface area contributed by atoms with E-state index < -0.39 is 15.5 Å². The predicted octanol–water partition coefficient (Wildman–Crippen LogP) is 7.16. The number of nitro groups is 2. The van der Waals surface area contributed by atoms with E-state index in [1.54, 1.807) is 30.5 Å². The molecular formula is C27H18N4O6. The van der Waals surface area contributed by atoms with Gasteiger partial charge in [-0.15, -0.1) is 0 Å². The number of oxazole rings is 1. The zero-order chi connectivity index (χ0) is 25.9. The van der Waals surface area contributed by atoms with Gasteiger partial charge in [-0.2, -0.15) is 0 Å². The summed E-state index contributed by atoms with van der Waals surface area (Å²) in [4.78, 5) is 29.8. The highest BCUT2D eigenvalue weighted by molar-refractivity contribution is 5.82. The average molecular weight is 494 g/mol. The SMILES string of the molecule is Cc1cccc2oc(-c3ccc(N=Cc4ccc(Oc5ccc([N+](=O)[O-])cc5[N+](=O)[O-])cc4)cc3)nc12. The third-order valence-electron chi connectivity index (χ3n) is 5.56. The van der Waals surface area contributed by atoms with Crippen molar-refractivity contribution in [1.82, 2.24) is 4.98 Å². The summed E-state index contributed by atoms with van der Waals surface area (Å²) in [6, 6.07) is 23.3. The van der Waals surface area contributed by atoms with Crippen LogP contribution in [-0.4, -0.2) is 21.0 Å². The second-order valence-corrected chi connectivity index (χ2v) is 8.08. The summed E-state index contributed by atoms with van der Waals surface area (Å²) in [7, 11) is 0. The average Bonchev–Trinajstić information content (AvgIpc) is 3.34. The highest BCUT2D eigenvalue weighted by atomic mass is 16.6. The van der Waals surface area contributed by atoms with Crippen LogP contribution in [0.3, 0.4) is 0 Å². The first kappa shape index (κ1) is 23.4. The molecular weight excluding hydrogens is 476 g/mol. The summed E-state index contributed by atoms with van der Waals surface area (Å²) in [5.74, 6) is 0.793. The van der Waals surface area contributed by atoms with Gasteiger partial charge in [-0.05, 0) is 78.7 Å². The van der Waals surface area contributed by atoms with Crippen molar-refractivity contribution in [3.8, 4) is 23.0 Å². The molecule has 0 atom stereocenters. The second-order valence-electron chi connectivity index (χ2n) is 8.08. The Hall–Kier alpha value is -5.38. The Morgan fingerprint density at radius 2 is 1.68 bits per heavy atom. The van der Waals surface area contributed by atoms with Crippen molar-refractivity contribution in [2.45, 2.75) is 6.92 Å². The van der Waals surface area contributed by atoms with Crippen LogP contribution in [0.25, 0.3) is 22.6 Å². The minimum Gasteiger partial charge on any atom is -0.450 e. The molecule has 0 N–H and O–H groups in total. The molecule has 4 aromatic carbocycles. The maximum absolute atomic E-state index is 11.3. The molecule has 5 rings (SSSR count). The number of non-ortho nitro benzene ring substituents is 1. The van der Waals surface area contributed by atoms with Crippen molar-refractivity contribution in [2.75, 3.05) is 0 Å². The number of hydrogen-bond acceptors (Lipinski definition) is 8. The quantitative estimate of drug-likeness (QED) is 0.133. The summed E-state index contributed by atoms with van der Waals surface area (Å²) in [6.45, 7) is 1.99. The molecule has 37 heavy (non-hydrogen) atoms. The van der Waals surface area contributed by atoms with E-state index >= 15 is 0 Å². The molecule has 0 bridgehead atoms. The van der Waals surface area contributed by atoms with Crippen LogP contribution in [0, 0.1) is 27.2 Å². The first-order valence-corrected chi connectivity index (χ1v) is 11.1. The summed E-state index contributed by atoms with van der Waals surface area (Å²) >= 11 is 0. The number of ether oxygens (including phenoxy) is 1. The highest BCUT2D eigenvalue weighted by Gasteiger charge is 2.21. The normalized spacial score (nSPS) is 11.2. The van der Waals surface area contributed by atoms with Gasteiger partial charge in [-0.25, -0.2) is 4.98 Å². The Kier molecular flexibility index (Phi) is 6.13. The molecule has 0 aliphatic heterocycles. The Labute approximate surface area is 209 Å². The van der Waals surface area contributed by atoms with Crippen molar-refractivity contribution < 1.29 is 19.0 Å². The van der Waals surface area contributed by atoms with E-state index in [1.807, 2.05) is 49.4 Å². The summed E-state index contributed by atoms with van der Waals surface area (Å²) in [6.07, 6.45) is 1.68. The van der Waals surface area contributed by atoms with E-state index in [-0.39, 0.29) is 11.4 Å². The number of nitro benzene ring substituents is 2. The van der Waals surface area contributed by atoms with Crippen LogP contribution >= 0.6 is 0 Å². The van der Waals surface area contributed by atoms with Gasteiger partial charge in [0.2, 0.25) is 11.6 Å². The van der Waals surface area contributed by atoms with Crippen molar-refractivity contribution in [1.29, 1.82) is 0 Å². The van der Waals surface area contributed by atoms with Gasteiger partial charge < -0.3 is 9.15 Å². The van der Waals surface area contributed by atoms with E-state index in [9.17, 15) is 20.2 Å². The number of hydrogen-bond donors (Lipinski definition) is 0. The monoisotopic (exact) mass is 494 g/mol. The lowest BCUT2D eigenvalue weighted by molar-refractivity contribution is -0.394. The van der Waals surface area contributed by atoms with Crippen LogP contribution in [0.15, 0.2) is 94.3 Å². The second kappa shape index (κ2) is 9.70. The van der Waals surface area contributed by atoms with Crippen LogP contribution in [0.1, 0.15) is 11.1 Å². The van der Waals surface area contributed by atoms with Crippen LogP contribution in [0.4, 0.5) is 17.1 Å². The number of aliphatic imine (C=N–C) groups is 1. The lowest BCUT2D eigenvalue weighted by Crippen LogP contribution is -1.96. The molecule has 0 unspecified atom stereocenters. The Bertz CT molecular complexity index is 1660. The lowest BCUT2D eigenvalue weighted by Gasteiger charge is -2.06. The van der Waals surface area contributed by atoms with Crippen LogP contribution in [-0.2, 0) is 0 Å². The molecule has 182 valence electrons. The molecule has 0 radical (unpaired) electrons. The molecule has 0 amide bonds. The van der Waals surface area contributed by atoms with Crippen molar-refractivity contribution in [2.24, 2.45) is 4.99 Å². The fourth-order valence-electron chi connectivity index (χ4n) is 3.65. The highest BCUT2D eigenvalue weighted by Crippen LogP contribution is 2.34. The van der Waals surface area contributed by atoms with Gasteiger partial charge in [0.15, 0.2) is 5.58 Å². The predicted molar refractivity (Wildman–Crippen MR) is 138 cm³/mol. The number of benzene rings is 4. The Morgan fingerprint density at radius 1 is 0.919 bits per heavy atom. The minimum atomic E-state index is -0.722. The smallest absolute Gasteiger partial charge is 0.318 e. The number of aromatic nitrogens is 1. The van der Waals surface area contributed by atoms with Crippen LogP contribution in [0.5, 0.6) is 11.5 Å². The van der Waals surface area contributed by atoms with Gasteiger partial charge in [0.25, 0.3) is 5.69 Å². The largest absolute Gasteiger partial charge is 0.450 e. The van der Waals surface area contributed by atoms with E-state index in [2.05, 4.69) is 9.98 Å². The molecule has 0 fully saturated rings. The third kappa shape index (κ3) is 5.03. The summed E-state index contributed by atoms with van der Waals surface area (Å²) in [5.41, 5.74) is 4.12. The van der Waals surface area contributed by atoms with E-state index in [1.165, 1.54) is 6.07 Å². The van der Waals surface area contributed by atoms with Gasteiger partial charge in [0.05, 0.1) is 21.6 Å². The van der Waals surface area contributed by atoms with Gasteiger partial charge in [0.1, 0.15) is 11.3 Å². The van der Waals surface area contributed by atoms with Crippen LogP contribution in [0.2, 0.25) is 0 Å². The molecule has 10 nitrogen and oxygen atoms in total. The fourth-order valence-corrected chi connectivity index (χ4v) is 3.65. The number of fused-ring (bicyclic) bond motifs is 1. The fraction of sp³-hybridized carbons (Fsp3) is 0.0370. The molecule has 5 aromatic rings. The first-order chi connectivity index (χ1) is 17.9. The number of para-hydroxylation sites is 1. The molecule has 1 heterocycles.